The van der Waals surface area contributed by atoms with Crippen LogP contribution in [-0.4, -0.2) is 18.4 Å². The topological polar surface area (TPSA) is 74.8 Å². The second kappa shape index (κ2) is 5.34. The molecule has 0 unspecified atom stereocenters. The summed E-state index contributed by atoms with van der Waals surface area (Å²) >= 11 is 1.19. The van der Waals surface area contributed by atoms with Crippen LogP contribution >= 0.6 is 11.3 Å². The Bertz CT molecular complexity index is 852. The minimum absolute atomic E-state index is 0.297. The number of benzene rings is 1. The molecule has 0 atom stereocenters. The lowest BCUT2D eigenvalue weighted by Gasteiger charge is -2.07. The Balaban J connectivity index is 1.91. The van der Waals surface area contributed by atoms with Crippen molar-refractivity contribution in [3.8, 4) is 11.3 Å². The third kappa shape index (κ3) is 2.98. The van der Waals surface area contributed by atoms with Crippen LogP contribution in [-0.2, 0) is 10.0 Å². The summed E-state index contributed by atoms with van der Waals surface area (Å²) in [5, 5.41) is 1.73. The molecule has 0 amide bonds. The Morgan fingerprint density at radius 2 is 2.10 bits per heavy atom. The van der Waals surface area contributed by atoms with Crippen LogP contribution in [0.25, 0.3) is 11.3 Å². The van der Waals surface area contributed by atoms with Crippen molar-refractivity contribution in [2.24, 2.45) is 0 Å². The number of rotatable bonds is 4. The van der Waals surface area contributed by atoms with Gasteiger partial charge in [-0.2, -0.15) is 0 Å². The summed E-state index contributed by atoms with van der Waals surface area (Å²) < 4.78 is 27.3. The van der Waals surface area contributed by atoms with E-state index in [2.05, 4.69) is 14.7 Å². The molecular formula is C14H13N3O2S2. The predicted octanol–water partition coefficient (Wildman–Crippen LogP) is 3.25. The number of aromatic nitrogens is 2. The lowest BCUT2D eigenvalue weighted by Crippen LogP contribution is -2.11. The minimum atomic E-state index is -3.52. The smallest absolute Gasteiger partial charge is 0.271 e. The third-order valence-corrected chi connectivity index (χ3v) is 5.67. The standard InChI is InChI=1S/C14H13N3O2S2/c1-10-15-9-13(16-10)11-4-2-5-12(8-11)17-21(18,19)14-6-3-7-20-14/h2-9,17H,1H3,(H,15,16). The van der Waals surface area contributed by atoms with Crippen LogP contribution in [0.3, 0.4) is 0 Å². The van der Waals surface area contributed by atoms with Crippen LogP contribution < -0.4 is 4.72 Å². The summed E-state index contributed by atoms with van der Waals surface area (Å²) in [4.78, 5) is 7.27. The Morgan fingerprint density at radius 1 is 1.24 bits per heavy atom. The Labute approximate surface area is 126 Å². The van der Waals surface area contributed by atoms with E-state index >= 15 is 0 Å². The van der Waals surface area contributed by atoms with Crippen molar-refractivity contribution in [3.05, 3.63) is 53.8 Å². The molecule has 0 aliphatic rings. The number of sulfonamides is 1. The highest BCUT2D eigenvalue weighted by Crippen LogP contribution is 2.24. The molecule has 7 heteroatoms. The van der Waals surface area contributed by atoms with Gasteiger partial charge in [-0.1, -0.05) is 18.2 Å². The van der Waals surface area contributed by atoms with Crippen molar-refractivity contribution in [1.82, 2.24) is 9.97 Å². The van der Waals surface area contributed by atoms with E-state index < -0.39 is 10.0 Å². The van der Waals surface area contributed by atoms with E-state index in [0.29, 0.717) is 9.90 Å². The van der Waals surface area contributed by atoms with Gasteiger partial charge in [0.15, 0.2) is 0 Å². The van der Waals surface area contributed by atoms with Crippen molar-refractivity contribution < 1.29 is 8.42 Å². The van der Waals surface area contributed by atoms with Gasteiger partial charge in [0.1, 0.15) is 10.0 Å². The number of hydrogen-bond acceptors (Lipinski definition) is 4. The first-order chi connectivity index (χ1) is 10.0. The molecule has 1 aromatic carbocycles. The molecule has 5 nitrogen and oxygen atoms in total. The van der Waals surface area contributed by atoms with Gasteiger partial charge in [-0.15, -0.1) is 11.3 Å². The molecule has 2 heterocycles. The summed E-state index contributed by atoms with van der Waals surface area (Å²) in [6.07, 6.45) is 1.72. The average molecular weight is 319 g/mol. The predicted molar refractivity (Wildman–Crippen MR) is 83.9 cm³/mol. The Hall–Kier alpha value is -2.12. The van der Waals surface area contributed by atoms with Gasteiger partial charge in [0.2, 0.25) is 0 Å². The molecule has 0 saturated heterocycles. The van der Waals surface area contributed by atoms with Crippen molar-refractivity contribution in [3.63, 3.8) is 0 Å². The van der Waals surface area contributed by atoms with E-state index in [9.17, 15) is 8.42 Å². The van der Waals surface area contributed by atoms with Crippen LogP contribution in [0.1, 0.15) is 5.82 Å². The van der Waals surface area contributed by atoms with Crippen molar-refractivity contribution in [2.45, 2.75) is 11.1 Å². The van der Waals surface area contributed by atoms with Crippen LogP contribution in [0.2, 0.25) is 0 Å². The zero-order chi connectivity index (χ0) is 14.9. The minimum Gasteiger partial charge on any atom is -0.342 e. The fraction of sp³-hybridized carbons (Fsp3) is 0.0714. The van der Waals surface area contributed by atoms with Crippen LogP contribution in [0, 0.1) is 6.92 Å². The SMILES string of the molecule is Cc1ncc(-c2cccc(NS(=O)(=O)c3cccs3)c2)[nH]1. The highest BCUT2D eigenvalue weighted by atomic mass is 32.2. The summed E-state index contributed by atoms with van der Waals surface area (Å²) in [5.74, 6) is 0.814. The molecule has 2 aromatic heterocycles. The summed E-state index contributed by atoms with van der Waals surface area (Å²) in [6.45, 7) is 1.87. The van der Waals surface area contributed by atoms with Crippen molar-refractivity contribution in [2.75, 3.05) is 4.72 Å². The number of nitrogens with zero attached hydrogens (tertiary/aromatic N) is 1. The second-order valence-electron chi connectivity index (χ2n) is 4.50. The van der Waals surface area contributed by atoms with Gasteiger partial charge >= 0.3 is 0 Å². The summed E-state index contributed by atoms with van der Waals surface area (Å²) in [5.41, 5.74) is 2.25. The zero-order valence-corrected chi connectivity index (χ0v) is 12.8. The fourth-order valence-corrected chi connectivity index (χ4v) is 3.98. The molecule has 0 bridgehead atoms. The number of aryl methyl sites for hydroxylation is 1. The molecule has 3 aromatic rings. The number of anilines is 1. The second-order valence-corrected chi connectivity index (χ2v) is 7.36. The van der Waals surface area contributed by atoms with Crippen LogP contribution in [0.4, 0.5) is 5.69 Å². The number of thiophene rings is 1. The molecule has 0 aliphatic heterocycles. The average Bonchev–Trinajstić information content (AvgIpc) is 3.09. The maximum Gasteiger partial charge on any atom is 0.271 e. The highest BCUT2D eigenvalue weighted by Gasteiger charge is 2.15. The number of aromatic amines is 1. The molecule has 0 radical (unpaired) electrons. The maximum atomic E-state index is 12.2. The van der Waals surface area contributed by atoms with Crippen LogP contribution in [0.15, 0.2) is 52.2 Å². The molecule has 3 rings (SSSR count). The van der Waals surface area contributed by atoms with E-state index in [4.69, 9.17) is 0 Å². The van der Waals surface area contributed by atoms with E-state index in [1.54, 1.807) is 41.9 Å². The van der Waals surface area contributed by atoms with E-state index in [1.165, 1.54) is 11.3 Å². The maximum absolute atomic E-state index is 12.2. The van der Waals surface area contributed by atoms with Gasteiger partial charge in [0, 0.05) is 11.3 Å². The van der Waals surface area contributed by atoms with Gasteiger partial charge in [0.05, 0.1) is 11.9 Å². The zero-order valence-electron chi connectivity index (χ0n) is 11.2. The highest BCUT2D eigenvalue weighted by molar-refractivity contribution is 7.94. The molecule has 0 saturated carbocycles. The monoisotopic (exact) mass is 319 g/mol. The van der Waals surface area contributed by atoms with Gasteiger partial charge in [0.25, 0.3) is 10.0 Å². The van der Waals surface area contributed by atoms with Crippen LogP contribution in [0.5, 0.6) is 0 Å². The van der Waals surface area contributed by atoms with E-state index in [1.807, 2.05) is 13.0 Å². The lowest BCUT2D eigenvalue weighted by atomic mass is 10.1. The van der Waals surface area contributed by atoms with Gasteiger partial charge in [-0.3, -0.25) is 4.72 Å². The summed E-state index contributed by atoms with van der Waals surface area (Å²) in [7, 11) is -3.52. The molecule has 21 heavy (non-hydrogen) atoms. The first kappa shape index (κ1) is 13.8. The first-order valence-corrected chi connectivity index (χ1v) is 8.59. The normalized spacial score (nSPS) is 11.5. The van der Waals surface area contributed by atoms with Crippen molar-refractivity contribution >= 4 is 27.0 Å². The summed E-state index contributed by atoms with van der Waals surface area (Å²) in [6, 6.07) is 10.5. The van der Waals surface area contributed by atoms with Crippen molar-refractivity contribution in [1.29, 1.82) is 0 Å². The van der Waals surface area contributed by atoms with Gasteiger partial charge in [-0.05, 0) is 30.5 Å². The molecule has 0 spiro atoms. The molecular weight excluding hydrogens is 306 g/mol. The Morgan fingerprint density at radius 3 is 2.76 bits per heavy atom. The van der Waals surface area contributed by atoms with Gasteiger partial charge in [-0.25, -0.2) is 13.4 Å². The molecule has 0 aliphatic carbocycles. The molecule has 108 valence electrons. The number of nitrogens with one attached hydrogen (secondary N) is 2. The largest absolute Gasteiger partial charge is 0.342 e. The number of hydrogen-bond donors (Lipinski definition) is 2. The Kier molecular flexibility index (Phi) is 3.52. The molecule has 2 N–H and O–H groups in total. The number of H-pyrrole nitrogens is 1. The van der Waals surface area contributed by atoms with E-state index in [0.717, 1.165) is 17.1 Å². The first-order valence-electron chi connectivity index (χ1n) is 6.23. The molecule has 0 fully saturated rings. The number of imidazole rings is 1. The van der Waals surface area contributed by atoms with Gasteiger partial charge < -0.3 is 4.98 Å². The van der Waals surface area contributed by atoms with E-state index in [-0.39, 0.29) is 0 Å². The quantitative estimate of drug-likeness (QED) is 0.775. The third-order valence-electron chi connectivity index (χ3n) is 2.89. The fourth-order valence-electron chi connectivity index (χ4n) is 1.94. The lowest BCUT2D eigenvalue weighted by molar-refractivity contribution is 0.603.